The standard InChI is InChI=1S/C8H10F3N3/c1-14-4-13-6-2-5(8(9,10)11)3-12-7(6)14/h4-5,12H,2-3H2,1H3. The Morgan fingerprint density at radius 1 is 1.57 bits per heavy atom. The predicted octanol–water partition coefficient (Wildman–Crippen LogP) is 1.57. The van der Waals surface area contributed by atoms with Crippen molar-refractivity contribution < 1.29 is 13.2 Å². The lowest BCUT2D eigenvalue weighted by atomic mass is 9.99. The van der Waals surface area contributed by atoms with Crippen molar-refractivity contribution in [3.05, 3.63) is 12.0 Å². The largest absolute Gasteiger partial charge is 0.393 e. The molecule has 1 aliphatic heterocycles. The van der Waals surface area contributed by atoms with Gasteiger partial charge in [-0.25, -0.2) is 4.98 Å². The van der Waals surface area contributed by atoms with Crippen molar-refractivity contribution in [2.45, 2.75) is 12.6 Å². The van der Waals surface area contributed by atoms with Crippen LogP contribution < -0.4 is 5.32 Å². The first-order chi connectivity index (χ1) is 6.48. The maximum Gasteiger partial charge on any atom is 0.393 e. The van der Waals surface area contributed by atoms with E-state index in [9.17, 15) is 13.2 Å². The monoisotopic (exact) mass is 205 g/mol. The highest BCUT2D eigenvalue weighted by Crippen LogP contribution is 2.33. The highest BCUT2D eigenvalue weighted by Gasteiger charge is 2.42. The fraction of sp³-hybridized carbons (Fsp3) is 0.625. The summed E-state index contributed by atoms with van der Waals surface area (Å²) in [4.78, 5) is 3.92. The summed E-state index contributed by atoms with van der Waals surface area (Å²) < 4.78 is 38.8. The molecular weight excluding hydrogens is 195 g/mol. The van der Waals surface area contributed by atoms with Crippen LogP contribution in [-0.2, 0) is 13.5 Å². The summed E-state index contributed by atoms with van der Waals surface area (Å²) in [6, 6.07) is 0. The average Bonchev–Trinajstić information content (AvgIpc) is 2.46. The van der Waals surface area contributed by atoms with Crippen molar-refractivity contribution in [2.75, 3.05) is 11.9 Å². The molecule has 1 unspecified atom stereocenters. The Morgan fingerprint density at radius 2 is 2.29 bits per heavy atom. The topological polar surface area (TPSA) is 29.9 Å². The molecule has 0 saturated heterocycles. The van der Waals surface area contributed by atoms with Crippen LogP contribution in [0.5, 0.6) is 0 Å². The number of fused-ring (bicyclic) bond motifs is 1. The zero-order chi connectivity index (χ0) is 10.3. The summed E-state index contributed by atoms with van der Waals surface area (Å²) in [7, 11) is 1.76. The second-order valence-corrected chi connectivity index (χ2v) is 3.47. The average molecular weight is 205 g/mol. The second-order valence-electron chi connectivity index (χ2n) is 3.47. The van der Waals surface area contributed by atoms with Gasteiger partial charge in [0.05, 0.1) is 17.9 Å². The molecule has 1 atom stereocenters. The van der Waals surface area contributed by atoms with Crippen molar-refractivity contribution in [3.8, 4) is 0 Å². The van der Waals surface area contributed by atoms with E-state index in [4.69, 9.17) is 0 Å². The zero-order valence-electron chi connectivity index (χ0n) is 7.60. The van der Waals surface area contributed by atoms with E-state index in [1.807, 2.05) is 0 Å². The molecule has 1 aromatic heterocycles. The minimum Gasteiger partial charge on any atom is -0.369 e. The van der Waals surface area contributed by atoms with E-state index in [1.54, 1.807) is 11.6 Å². The van der Waals surface area contributed by atoms with Crippen LogP contribution in [0.1, 0.15) is 5.69 Å². The molecule has 14 heavy (non-hydrogen) atoms. The SMILES string of the molecule is Cn1cnc2c1NCC(C(F)(F)F)C2. The van der Waals surface area contributed by atoms with Gasteiger partial charge in [0.1, 0.15) is 5.82 Å². The van der Waals surface area contributed by atoms with Gasteiger partial charge in [-0.2, -0.15) is 13.2 Å². The second kappa shape index (κ2) is 2.90. The first-order valence-corrected chi connectivity index (χ1v) is 4.29. The molecule has 0 aromatic carbocycles. The third kappa shape index (κ3) is 1.44. The molecule has 1 aromatic rings. The molecule has 0 bridgehead atoms. The van der Waals surface area contributed by atoms with Crippen LogP contribution in [0.2, 0.25) is 0 Å². The van der Waals surface area contributed by atoms with Crippen LogP contribution in [0.3, 0.4) is 0 Å². The molecule has 0 aliphatic carbocycles. The Bertz CT molecular complexity index is 342. The van der Waals surface area contributed by atoms with Crippen LogP contribution in [-0.4, -0.2) is 22.3 Å². The quantitative estimate of drug-likeness (QED) is 0.696. The first kappa shape index (κ1) is 9.36. The van der Waals surface area contributed by atoms with Crippen LogP contribution in [0.25, 0.3) is 0 Å². The lowest BCUT2D eigenvalue weighted by molar-refractivity contribution is -0.171. The Balaban J connectivity index is 2.22. The van der Waals surface area contributed by atoms with Gasteiger partial charge >= 0.3 is 6.18 Å². The molecule has 3 nitrogen and oxygen atoms in total. The Morgan fingerprint density at radius 3 is 2.93 bits per heavy atom. The number of hydrogen-bond donors (Lipinski definition) is 1. The Labute approximate surface area is 78.9 Å². The van der Waals surface area contributed by atoms with E-state index in [1.165, 1.54) is 6.33 Å². The number of rotatable bonds is 0. The van der Waals surface area contributed by atoms with Crippen LogP contribution in [0.15, 0.2) is 6.33 Å². The Kier molecular flexibility index (Phi) is 1.94. The minimum absolute atomic E-state index is 0.0212. The van der Waals surface area contributed by atoms with Crippen molar-refractivity contribution in [1.29, 1.82) is 0 Å². The van der Waals surface area contributed by atoms with Crippen LogP contribution >= 0.6 is 0 Å². The molecular formula is C8H10F3N3. The lowest BCUT2D eigenvalue weighted by Gasteiger charge is -2.25. The molecule has 1 N–H and O–H groups in total. The lowest BCUT2D eigenvalue weighted by Crippen LogP contribution is -2.35. The third-order valence-corrected chi connectivity index (χ3v) is 2.43. The molecule has 2 heterocycles. The number of imidazole rings is 1. The molecule has 2 rings (SSSR count). The summed E-state index contributed by atoms with van der Waals surface area (Å²) in [5, 5.41) is 2.75. The molecule has 1 aliphatic rings. The highest BCUT2D eigenvalue weighted by atomic mass is 19.4. The minimum atomic E-state index is -4.14. The molecule has 6 heteroatoms. The molecule has 0 amide bonds. The van der Waals surface area contributed by atoms with Gasteiger partial charge in [0, 0.05) is 20.0 Å². The predicted molar refractivity (Wildman–Crippen MR) is 44.9 cm³/mol. The number of hydrogen-bond acceptors (Lipinski definition) is 2. The number of aryl methyl sites for hydroxylation is 1. The molecule has 0 radical (unpaired) electrons. The summed E-state index contributed by atoms with van der Waals surface area (Å²) >= 11 is 0. The maximum absolute atomic E-state index is 12.4. The van der Waals surface area contributed by atoms with E-state index in [-0.39, 0.29) is 13.0 Å². The summed E-state index contributed by atoms with van der Waals surface area (Å²) in [6.45, 7) is -0.0595. The smallest absolute Gasteiger partial charge is 0.369 e. The van der Waals surface area contributed by atoms with Gasteiger partial charge in [-0.05, 0) is 0 Å². The van der Waals surface area contributed by atoms with E-state index < -0.39 is 12.1 Å². The van der Waals surface area contributed by atoms with E-state index in [0.717, 1.165) is 0 Å². The van der Waals surface area contributed by atoms with E-state index in [0.29, 0.717) is 11.5 Å². The number of halogens is 3. The first-order valence-electron chi connectivity index (χ1n) is 4.29. The van der Waals surface area contributed by atoms with Crippen molar-refractivity contribution in [3.63, 3.8) is 0 Å². The highest BCUT2D eigenvalue weighted by molar-refractivity contribution is 5.44. The van der Waals surface area contributed by atoms with Crippen LogP contribution in [0.4, 0.5) is 19.0 Å². The zero-order valence-corrected chi connectivity index (χ0v) is 7.60. The summed E-state index contributed by atoms with van der Waals surface area (Å²) in [6.07, 6.45) is -2.63. The number of anilines is 1. The van der Waals surface area contributed by atoms with Gasteiger partial charge in [0.25, 0.3) is 0 Å². The van der Waals surface area contributed by atoms with Crippen molar-refractivity contribution in [1.82, 2.24) is 9.55 Å². The van der Waals surface area contributed by atoms with Crippen LogP contribution in [0, 0.1) is 5.92 Å². The van der Waals surface area contributed by atoms with E-state index >= 15 is 0 Å². The normalized spacial score (nSPS) is 21.6. The summed E-state index contributed by atoms with van der Waals surface area (Å²) in [5.41, 5.74) is 0.501. The van der Waals surface area contributed by atoms with E-state index in [2.05, 4.69) is 10.3 Å². The third-order valence-electron chi connectivity index (χ3n) is 2.43. The Hall–Kier alpha value is -1.20. The van der Waals surface area contributed by atoms with Gasteiger partial charge < -0.3 is 9.88 Å². The van der Waals surface area contributed by atoms with Gasteiger partial charge in [-0.3, -0.25) is 0 Å². The molecule has 0 saturated carbocycles. The van der Waals surface area contributed by atoms with Gasteiger partial charge in [-0.1, -0.05) is 0 Å². The van der Waals surface area contributed by atoms with Gasteiger partial charge in [0.2, 0.25) is 0 Å². The summed E-state index contributed by atoms with van der Waals surface area (Å²) in [5.74, 6) is -0.615. The van der Waals surface area contributed by atoms with Gasteiger partial charge in [-0.15, -0.1) is 0 Å². The van der Waals surface area contributed by atoms with Crippen molar-refractivity contribution in [2.24, 2.45) is 13.0 Å². The number of aromatic nitrogens is 2. The number of alkyl halides is 3. The fourth-order valence-electron chi connectivity index (χ4n) is 1.61. The maximum atomic E-state index is 12.4. The number of nitrogens with zero attached hydrogens (tertiary/aromatic N) is 2. The molecule has 78 valence electrons. The molecule has 0 spiro atoms. The van der Waals surface area contributed by atoms with Crippen molar-refractivity contribution >= 4 is 5.82 Å². The van der Waals surface area contributed by atoms with Gasteiger partial charge in [0.15, 0.2) is 0 Å². The molecule has 0 fully saturated rings. The number of nitrogens with one attached hydrogen (secondary N) is 1. The fourth-order valence-corrected chi connectivity index (χ4v) is 1.61.